The van der Waals surface area contributed by atoms with Gasteiger partial charge in [0.15, 0.2) is 17.3 Å². The number of aromatic hydroxyl groups is 1. The topological polar surface area (TPSA) is 83.5 Å². The second kappa shape index (κ2) is 8.84. The Morgan fingerprint density at radius 3 is 2.00 bits per heavy atom. The third-order valence-electron chi connectivity index (χ3n) is 3.88. The van der Waals surface area contributed by atoms with Crippen molar-refractivity contribution in [2.45, 2.75) is 0 Å². The summed E-state index contributed by atoms with van der Waals surface area (Å²) in [5, 5.41) is 10.6. The first-order valence-electron chi connectivity index (χ1n) is 7.97. The first-order chi connectivity index (χ1) is 13.0. The van der Waals surface area contributed by atoms with Crippen LogP contribution in [0.5, 0.6) is 34.5 Å². The summed E-state index contributed by atoms with van der Waals surface area (Å²) >= 11 is 0. The van der Waals surface area contributed by atoms with Gasteiger partial charge in [-0.2, -0.15) is 0 Å². The first-order valence-corrected chi connectivity index (χ1v) is 7.97. The summed E-state index contributed by atoms with van der Waals surface area (Å²) in [5.41, 5.74) is 0.666. The van der Waals surface area contributed by atoms with E-state index in [1.165, 1.54) is 34.5 Å². The molecule has 144 valence electrons. The van der Waals surface area contributed by atoms with Crippen molar-refractivity contribution in [3.63, 3.8) is 0 Å². The molecule has 0 spiro atoms. The number of carbonyl (C=O) groups excluding carboxylic acids is 1. The predicted molar refractivity (Wildman–Crippen MR) is 101 cm³/mol. The Hall–Kier alpha value is -3.35. The second-order valence-corrected chi connectivity index (χ2v) is 5.33. The zero-order valence-electron chi connectivity index (χ0n) is 15.9. The fraction of sp³-hybridized carbons (Fsp3) is 0.250. The van der Waals surface area contributed by atoms with Crippen LogP contribution in [0.3, 0.4) is 0 Å². The lowest BCUT2D eigenvalue weighted by molar-refractivity contribution is 0.104. The van der Waals surface area contributed by atoms with E-state index in [1.807, 2.05) is 6.07 Å². The number of phenolic OH excluding ortho intramolecular Hbond substituents is 1. The van der Waals surface area contributed by atoms with Gasteiger partial charge in [0.05, 0.1) is 35.5 Å². The van der Waals surface area contributed by atoms with E-state index >= 15 is 0 Å². The summed E-state index contributed by atoms with van der Waals surface area (Å²) in [6.45, 7) is 0. The molecule has 0 aromatic heterocycles. The van der Waals surface area contributed by atoms with Gasteiger partial charge in [0.25, 0.3) is 0 Å². The fourth-order valence-corrected chi connectivity index (χ4v) is 2.63. The maximum absolute atomic E-state index is 12.8. The van der Waals surface area contributed by atoms with Gasteiger partial charge in [-0.15, -0.1) is 0 Å². The van der Waals surface area contributed by atoms with Gasteiger partial charge in [0.1, 0.15) is 11.3 Å². The Balaban J connectivity index is 2.55. The molecule has 2 rings (SSSR count). The lowest BCUT2D eigenvalue weighted by Gasteiger charge is -2.19. The molecule has 0 saturated carbocycles. The van der Waals surface area contributed by atoms with E-state index in [2.05, 4.69) is 0 Å². The van der Waals surface area contributed by atoms with Gasteiger partial charge in [0.2, 0.25) is 17.2 Å². The molecule has 0 bridgehead atoms. The monoisotopic (exact) mass is 374 g/mol. The van der Waals surface area contributed by atoms with Gasteiger partial charge in [-0.1, -0.05) is 18.2 Å². The number of carbonyl (C=O) groups is 1. The van der Waals surface area contributed by atoms with Crippen LogP contribution < -0.4 is 23.7 Å². The molecule has 2 aromatic rings. The van der Waals surface area contributed by atoms with Crippen molar-refractivity contribution in [1.29, 1.82) is 0 Å². The van der Waals surface area contributed by atoms with Gasteiger partial charge < -0.3 is 28.8 Å². The van der Waals surface area contributed by atoms with Gasteiger partial charge in [-0.05, 0) is 23.8 Å². The highest BCUT2D eigenvalue weighted by molar-refractivity contribution is 6.12. The SMILES string of the molecule is COc1cccc(/C=C/C(=O)c2c(O)c(OC)c(OC)c(OC)c2OC)c1. The third kappa shape index (κ3) is 3.92. The number of hydrogen-bond donors (Lipinski definition) is 1. The van der Waals surface area contributed by atoms with Gasteiger partial charge in [0, 0.05) is 0 Å². The molecular weight excluding hydrogens is 352 g/mol. The summed E-state index contributed by atoms with van der Waals surface area (Å²) in [6.07, 6.45) is 2.92. The van der Waals surface area contributed by atoms with Crippen molar-refractivity contribution in [1.82, 2.24) is 0 Å². The Morgan fingerprint density at radius 2 is 1.44 bits per heavy atom. The van der Waals surface area contributed by atoms with E-state index in [0.717, 1.165) is 5.56 Å². The summed E-state index contributed by atoms with van der Waals surface area (Å²) in [4.78, 5) is 12.8. The van der Waals surface area contributed by atoms with Crippen molar-refractivity contribution in [2.75, 3.05) is 35.5 Å². The number of hydrogen-bond acceptors (Lipinski definition) is 7. The number of rotatable bonds is 8. The van der Waals surface area contributed by atoms with Crippen molar-refractivity contribution in [3.8, 4) is 34.5 Å². The first kappa shape index (κ1) is 20.0. The molecule has 27 heavy (non-hydrogen) atoms. The second-order valence-electron chi connectivity index (χ2n) is 5.33. The minimum atomic E-state index is -0.494. The van der Waals surface area contributed by atoms with Crippen LogP contribution in [-0.2, 0) is 0 Å². The summed E-state index contributed by atoms with van der Waals surface area (Å²) in [5.74, 6) is 0.0770. The lowest BCUT2D eigenvalue weighted by Crippen LogP contribution is -2.05. The van der Waals surface area contributed by atoms with E-state index < -0.39 is 11.5 Å². The molecular formula is C20H22O7. The standard InChI is InChI=1S/C20H22O7/c1-23-13-8-6-7-12(11-13)9-10-14(21)15-16(22)18(25-3)20(27-5)19(26-4)17(15)24-2/h6-11,22H,1-5H3/b10-9+. The zero-order valence-corrected chi connectivity index (χ0v) is 15.9. The average molecular weight is 374 g/mol. The number of methoxy groups -OCH3 is 5. The van der Waals surface area contributed by atoms with E-state index in [4.69, 9.17) is 23.7 Å². The van der Waals surface area contributed by atoms with Gasteiger partial charge in [-0.25, -0.2) is 0 Å². The Bertz CT molecular complexity index is 856. The molecule has 7 heteroatoms. The Morgan fingerprint density at radius 1 is 0.852 bits per heavy atom. The van der Waals surface area contributed by atoms with Crippen molar-refractivity contribution >= 4 is 11.9 Å². The molecule has 0 radical (unpaired) electrons. The molecule has 0 atom stereocenters. The lowest BCUT2D eigenvalue weighted by atomic mass is 10.0. The molecule has 0 aliphatic heterocycles. The van der Waals surface area contributed by atoms with Crippen LogP contribution in [0.4, 0.5) is 0 Å². The summed E-state index contributed by atoms with van der Waals surface area (Å²) in [7, 11) is 7.07. The zero-order chi connectivity index (χ0) is 20.0. The van der Waals surface area contributed by atoms with Crippen LogP contribution in [0.1, 0.15) is 15.9 Å². The average Bonchev–Trinajstić information content (AvgIpc) is 2.70. The minimum absolute atomic E-state index is 0.0201. The van der Waals surface area contributed by atoms with E-state index in [0.29, 0.717) is 5.75 Å². The smallest absolute Gasteiger partial charge is 0.211 e. The molecule has 2 aromatic carbocycles. The predicted octanol–water partition coefficient (Wildman–Crippen LogP) is 3.33. The molecule has 1 N–H and O–H groups in total. The van der Waals surface area contributed by atoms with E-state index in [1.54, 1.807) is 31.4 Å². The summed E-state index contributed by atoms with van der Waals surface area (Å²) in [6, 6.07) is 7.20. The van der Waals surface area contributed by atoms with Crippen LogP contribution in [-0.4, -0.2) is 46.4 Å². The number of phenols is 1. The molecule has 0 aliphatic carbocycles. The quantitative estimate of drug-likeness (QED) is 0.560. The fourth-order valence-electron chi connectivity index (χ4n) is 2.63. The highest BCUT2D eigenvalue weighted by Crippen LogP contribution is 2.53. The third-order valence-corrected chi connectivity index (χ3v) is 3.88. The number of ether oxygens (including phenoxy) is 5. The van der Waals surface area contributed by atoms with Crippen molar-refractivity contribution in [3.05, 3.63) is 41.5 Å². The molecule has 0 unspecified atom stereocenters. The number of ketones is 1. The van der Waals surface area contributed by atoms with Gasteiger partial charge in [-0.3, -0.25) is 4.79 Å². The molecule has 0 aliphatic rings. The van der Waals surface area contributed by atoms with Gasteiger partial charge >= 0.3 is 0 Å². The molecule has 7 nitrogen and oxygen atoms in total. The van der Waals surface area contributed by atoms with Crippen LogP contribution in [0.2, 0.25) is 0 Å². The minimum Gasteiger partial charge on any atom is -0.504 e. The van der Waals surface area contributed by atoms with Crippen LogP contribution in [0, 0.1) is 0 Å². The maximum atomic E-state index is 12.8. The molecule has 0 heterocycles. The molecule has 0 saturated heterocycles. The van der Waals surface area contributed by atoms with Crippen LogP contribution in [0.25, 0.3) is 6.08 Å². The van der Waals surface area contributed by atoms with Crippen molar-refractivity contribution < 1.29 is 33.6 Å². The summed E-state index contributed by atoms with van der Waals surface area (Å²) < 4.78 is 26.2. The Kier molecular flexibility index (Phi) is 6.54. The maximum Gasteiger partial charge on any atom is 0.211 e. The number of benzene rings is 2. The molecule has 0 fully saturated rings. The van der Waals surface area contributed by atoms with E-state index in [9.17, 15) is 9.90 Å². The molecule has 0 amide bonds. The van der Waals surface area contributed by atoms with Crippen molar-refractivity contribution in [2.24, 2.45) is 0 Å². The van der Waals surface area contributed by atoms with E-state index in [-0.39, 0.29) is 28.6 Å². The highest BCUT2D eigenvalue weighted by Gasteiger charge is 2.30. The highest BCUT2D eigenvalue weighted by atomic mass is 16.5. The van der Waals surface area contributed by atoms with Crippen LogP contribution >= 0.6 is 0 Å². The Labute approximate surface area is 157 Å². The largest absolute Gasteiger partial charge is 0.504 e. The number of allylic oxidation sites excluding steroid dienone is 1. The van der Waals surface area contributed by atoms with Crippen LogP contribution in [0.15, 0.2) is 30.3 Å². The normalized spacial score (nSPS) is 10.6.